The van der Waals surface area contributed by atoms with Crippen LogP contribution in [0.1, 0.15) is 30.4 Å². The molecule has 8 heteroatoms. The molecule has 0 radical (unpaired) electrons. The number of nitrogens with zero attached hydrogens (tertiary/aromatic N) is 1. The molecule has 0 bridgehead atoms. The van der Waals surface area contributed by atoms with Crippen molar-refractivity contribution >= 4 is 5.69 Å². The molecular formula is C32H40N2O6. The molecule has 2 aliphatic rings. The molecule has 3 atom stereocenters. The maximum Gasteiger partial charge on any atom is 0.142 e. The SMILES string of the molecule is CCOc1ccc(Oc2ccc(C3[C@H](O)CNC[C@@H]3OCc3ccc4c(c3)N(CCCOC)CCO4)cc2)cc1. The molecule has 3 aromatic carbocycles. The van der Waals surface area contributed by atoms with Crippen LogP contribution in [-0.4, -0.2) is 70.4 Å². The van der Waals surface area contributed by atoms with Crippen LogP contribution in [0.5, 0.6) is 23.0 Å². The number of aliphatic hydroxyl groups is 1. The molecule has 1 saturated heterocycles. The third kappa shape index (κ3) is 7.06. The number of rotatable bonds is 12. The summed E-state index contributed by atoms with van der Waals surface area (Å²) >= 11 is 0. The zero-order valence-electron chi connectivity index (χ0n) is 23.4. The van der Waals surface area contributed by atoms with Crippen LogP contribution in [0.3, 0.4) is 0 Å². The average Bonchev–Trinajstić information content (AvgIpc) is 2.98. The highest BCUT2D eigenvalue weighted by atomic mass is 16.5. The molecular weight excluding hydrogens is 508 g/mol. The Morgan fingerprint density at radius 3 is 2.48 bits per heavy atom. The van der Waals surface area contributed by atoms with Gasteiger partial charge in [0.15, 0.2) is 0 Å². The largest absolute Gasteiger partial charge is 0.494 e. The quantitative estimate of drug-likeness (QED) is 0.314. The van der Waals surface area contributed by atoms with Crippen LogP contribution in [0.15, 0.2) is 66.7 Å². The molecule has 40 heavy (non-hydrogen) atoms. The fourth-order valence-corrected chi connectivity index (χ4v) is 5.38. The maximum atomic E-state index is 10.9. The predicted molar refractivity (Wildman–Crippen MR) is 155 cm³/mol. The van der Waals surface area contributed by atoms with Gasteiger partial charge in [0.25, 0.3) is 0 Å². The molecule has 2 heterocycles. The summed E-state index contributed by atoms with van der Waals surface area (Å²) in [6.45, 7) is 7.46. The molecule has 214 valence electrons. The van der Waals surface area contributed by atoms with Gasteiger partial charge in [0, 0.05) is 39.3 Å². The zero-order valence-corrected chi connectivity index (χ0v) is 23.4. The van der Waals surface area contributed by atoms with Gasteiger partial charge in [0.1, 0.15) is 29.6 Å². The van der Waals surface area contributed by atoms with Gasteiger partial charge in [-0.3, -0.25) is 0 Å². The number of aliphatic hydroxyl groups excluding tert-OH is 1. The normalized spacial score (nSPS) is 20.5. The first-order valence-electron chi connectivity index (χ1n) is 14.1. The van der Waals surface area contributed by atoms with Gasteiger partial charge in [-0.1, -0.05) is 18.2 Å². The highest BCUT2D eigenvalue weighted by Gasteiger charge is 2.34. The molecule has 8 nitrogen and oxygen atoms in total. The van der Waals surface area contributed by atoms with E-state index in [0.717, 1.165) is 65.9 Å². The molecule has 1 fully saturated rings. The van der Waals surface area contributed by atoms with Gasteiger partial charge < -0.3 is 39.0 Å². The zero-order chi connectivity index (χ0) is 27.7. The van der Waals surface area contributed by atoms with E-state index < -0.39 is 6.10 Å². The van der Waals surface area contributed by atoms with Gasteiger partial charge in [0.2, 0.25) is 0 Å². The molecule has 5 rings (SSSR count). The monoisotopic (exact) mass is 548 g/mol. The molecule has 0 saturated carbocycles. The molecule has 0 aromatic heterocycles. The van der Waals surface area contributed by atoms with Gasteiger partial charge in [-0.25, -0.2) is 0 Å². The lowest BCUT2D eigenvalue weighted by atomic mass is 9.85. The second kappa shape index (κ2) is 13.9. The number of fused-ring (bicyclic) bond motifs is 1. The Morgan fingerprint density at radius 2 is 1.73 bits per heavy atom. The predicted octanol–water partition coefficient (Wildman–Crippen LogP) is 4.75. The van der Waals surface area contributed by atoms with Crippen molar-refractivity contribution < 1.29 is 28.8 Å². The molecule has 2 N–H and O–H groups in total. The van der Waals surface area contributed by atoms with Crippen molar-refractivity contribution in [3.8, 4) is 23.0 Å². The Hall–Kier alpha value is -3.30. The molecule has 1 unspecified atom stereocenters. The van der Waals surface area contributed by atoms with Crippen LogP contribution >= 0.6 is 0 Å². The first kappa shape index (κ1) is 28.2. The minimum Gasteiger partial charge on any atom is -0.494 e. The second-order valence-electron chi connectivity index (χ2n) is 10.2. The molecule has 2 aliphatic heterocycles. The smallest absolute Gasteiger partial charge is 0.142 e. The van der Waals surface area contributed by atoms with E-state index in [9.17, 15) is 5.11 Å². The number of β-amino-alcohol motifs (C(OH)–C–C–N with tert-alkyl or cyclic N) is 1. The van der Waals surface area contributed by atoms with Crippen molar-refractivity contribution in [3.05, 3.63) is 77.9 Å². The highest BCUT2D eigenvalue weighted by Crippen LogP contribution is 2.35. The van der Waals surface area contributed by atoms with Crippen molar-refractivity contribution in [2.24, 2.45) is 0 Å². The number of ether oxygens (including phenoxy) is 5. The Labute approximate surface area is 236 Å². The summed E-state index contributed by atoms with van der Waals surface area (Å²) in [5, 5.41) is 14.3. The Bertz CT molecular complexity index is 1200. The number of hydrogen-bond acceptors (Lipinski definition) is 8. The Morgan fingerprint density at radius 1 is 0.975 bits per heavy atom. The van der Waals surface area contributed by atoms with Crippen molar-refractivity contribution in [2.75, 3.05) is 58.0 Å². The van der Waals surface area contributed by atoms with E-state index in [1.165, 1.54) is 0 Å². The Balaban J connectivity index is 1.23. The van der Waals surface area contributed by atoms with Crippen molar-refractivity contribution in [3.63, 3.8) is 0 Å². The van der Waals surface area contributed by atoms with Crippen molar-refractivity contribution in [1.29, 1.82) is 0 Å². The molecule has 0 spiro atoms. The number of piperidine rings is 1. The number of methoxy groups -OCH3 is 1. The van der Waals surface area contributed by atoms with E-state index in [0.29, 0.717) is 32.9 Å². The molecule has 3 aromatic rings. The van der Waals surface area contributed by atoms with E-state index in [2.05, 4.69) is 22.3 Å². The highest BCUT2D eigenvalue weighted by molar-refractivity contribution is 5.61. The fraction of sp³-hybridized carbons (Fsp3) is 0.438. The van der Waals surface area contributed by atoms with Crippen LogP contribution in [-0.2, 0) is 16.1 Å². The second-order valence-corrected chi connectivity index (χ2v) is 10.2. The number of benzene rings is 3. The summed E-state index contributed by atoms with van der Waals surface area (Å²) in [4.78, 5) is 2.35. The third-order valence-electron chi connectivity index (χ3n) is 7.37. The first-order valence-corrected chi connectivity index (χ1v) is 14.1. The van der Waals surface area contributed by atoms with Gasteiger partial charge in [-0.2, -0.15) is 0 Å². The van der Waals surface area contributed by atoms with E-state index in [4.69, 9.17) is 23.7 Å². The van der Waals surface area contributed by atoms with Crippen LogP contribution in [0.4, 0.5) is 5.69 Å². The van der Waals surface area contributed by atoms with Gasteiger partial charge in [-0.15, -0.1) is 0 Å². The lowest BCUT2D eigenvalue weighted by Crippen LogP contribution is -2.49. The minimum atomic E-state index is -0.551. The van der Waals surface area contributed by atoms with Gasteiger partial charge >= 0.3 is 0 Å². The summed E-state index contributed by atoms with van der Waals surface area (Å²) in [6, 6.07) is 21.8. The number of hydrogen-bond donors (Lipinski definition) is 2. The third-order valence-corrected chi connectivity index (χ3v) is 7.37. The van der Waals surface area contributed by atoms with Crippen LogP contribution in [0, 0.1) is 0 Å². The van der Waals surface area contributed by atoms with Gasteiger partial charge in [-0.05, 0) is 73.0 Å². The summed E-state index contributed by atoms with van der Waals surface area (Å²) in [5.74, 6) is 3.06. The van der Waals surface area contributed by atoms with E-state index in [-0.39, 0.29) is 12.0 Å². The first-order chi connectivity index (χ1) is 19.6. The van der Waals surface area contributed by atoms with E-state index in [1.54, 1.807) is 7.11 Å². The number of anilines is 1. The minimum absolute atomic E-state index is 0.146. The lowest BCUT2D eigenvalue weighted by Gasteiger charge is -2.36. The number of nitrogens with one attached hydrogen (secondary N) is 1. The summed E-state index contributed by atoms with van der Waals surface area (Å²) < 4.78 is 29.1. The summed E-state index contributed by atoms with van der Waals surface area (Å²) in [7, 11) is 1.73. The van der Waals surface area contributed by atoms with Crippen molar-refractivity contribution in [2.45, 2.75) is 38.1 Å². The topological polar surface area (TPSA) is 81.7 Å². The average molecular weight is 549 g/mol. The van der Waals surface area contributed by atoms with E-state index in [1.807, 2.05) is 61.5 Å². The van der Waals surface area contributed by atoms with E-state index >= 15 is 0 Å². The Kier molecular flexibility index (Phi) is 9.78. The molecule has 0 amide bonds. The maximum absolute atomic E-state index is 10.9. The van der Waals surface area contributed by atoms with Crippen LogP contribution < -0.4 is 24.4 Å². The van der Waals surface area contributed by atoms with Crippen LogP contribution in [0.25, 0.3) is 0 Å². The van der Waals surface area contributed by atoms with Crippen LogP contribution in [0.2, 0.25) is 0 Å². The lowest BCUT2D eigenvalue weighted by molar-refractivity contribution is -0.0328. The summed E-state index contributed by atoms with van der Waals surface area (Å²) in [5.41, 5.74) is 3.21. The van der Waals surface area contributed by atoms with Gasteiger partial charge in [0.05, 0.1) is 37.7 Å². The summed E-state index contributed by atoms with van der Waals surface area (Å²) in [6.07, 6.45) is 0.241. The molecule has 0 aliphatic carbocycles. The van der Waals surface area contributed by atoms with Crippen molar-refractivity contribution in [1.82, 2.24) is 5.32 Å². The standard InChI is InChI=1S/C32H40N2O6/c1-3-37-25-10-12-27(13-11-25)40-26-8-6-24(7-9-26)32-29(35)20-33-21-31(32)39-22-23-5-14-30-28(19-23)34(16-18-38-30)15-4-17-36-2/h5-14,19,29,31-33,35H,3-4,15-18,20-22H2,1-2H3/t29-,31+,32?/m1/s1. The fourth-order valence-electron chi connectivity index (χ4n) is 5.38.